The molecule has 1 aromatic heterocycles. The second-order valence-electron chi connectivity index (χ2n) is 3.06. The number of ether oxygens (including phenoxy) is 1. The van der Waals surface area contributed by atoms with Gasteiger partial charge in [-0.1, -0.05) is 0 Å². The summed E-state index contributed by atoms with van der Waals surface area (Å²) in [4.78, 5) is 4.07. The molecule has 0 aliphatic carbocycles. The van der Waals surface area contributed by atoms with Crippen LogP contribution in [0.2, 0.25) is 0 Å². The van der Waals surface area contributed by atoms with Gasteiger partial charge in [-0.3, -0.25) is 0 Å². The standard InChI is InChI=1S/C9H14N2O/c1-6(2)12-9-7(3)4-8(10)5-11-9/h4-6H,10H2,1-3H3. The van der Waals surface area contributed by atoms with Crippen LogP contribution in [-0.2, 0) is 0 Å². The Morgan fingerprint density at radius 2 is 2.17 bits per heavy atom. The van der Waals surface area contributed by atoms with Crippen LogP contribution in [0.15, 0.2) is 12.3 Å². The van der Waals surface area contributed by atoms with Crippen molar-refractivity contribution in [3.05, 3.63) is 17.8 Å². The average Bonchev–Trinajstić information content (AvgIpc) is 1.94. The number of aryl methyl sites for hydroxylation is 1. The molecule has 0 saturated carbocycles. The van der Waals surface area contributed by atoms with Crippen molar-refractivity contribution in [2.45, 2.75) is 26.9 Å². The number of nitrogens with two attached hydrogens (primary N) is 1. The third-order valence-electron chi connectivity index (χ3n) is 1.40. The topological polar surface area (TPSA) is 48.1 Å². The van der Waals surface area contributed by atoms with Crippen LogP contribution in [0.3, 0.4) is 0 Å². The van der Waals surface area contributed by atoms with Gasteiger partial charge < -0.3 is 10.5 Å². The highest BCUT2D eigenvalue weighted by Gasteiger charge is 2.02. The first-order valence-corrected chi connectivity index (χ1v) is 3.98. The maximum absolute atomic E-state index is 5.54. The normalized spacial score (nSPS) is 10.3. The molecule has 1 rings (SSSR count). The highest BCUT2D eigenvalue weighted by molar-refractivity contribution is 5.41. The van der Waals surface area contributed by atoms with E-state index < -0.39 is 0 Å². The van der Waals surface area contributed by atoms with Crippen molar-refractivity contribution in [2.75, 3.05) is 5.73 Å². The largest absolute Gasteiger partial charge is 0.475 e. The Morgan fingerprint density at radius 3 is 2.67 bits per heavy atom. The first kappa shape index (κ1) is 8.84. The SMILES string of the molecule is Cc1cc(N)cnc1OC(C)C. The molecule has 0 amide bonds. The summed E-state index contributed by atoms with van der Waals surface area (Å²) in [5, 5.41) is 0. The smallest absolute Gasteiger partial charge is 0.216 e. The molecule has 0 saturated heterocycles. The summed E-state index contributed by atoms with van der Waals surface area (Å²) in [5.41, 5.74) is 7.19. The predicted molar refractivity (Wildman–Crippen MR) is 49.2 cm³/mol. The van der Waals surface area contributed by atoms with Gasteiger partial charge in [-0.25, -0.2) is 4.98 Å². The van der Waals surface area contributed by atoms with Crippen molar-refractivity contribution in [1.29, 1.82) is 0 Å². The van der Waals surface area contributed by atoms with Crippen molar-refractivity contribution in [2.24, 2.45) is 0 Å². The minimum Gasteiger partial charge on any atom is -0.475 e. The minimum absolute atomic E-state index is 0.153. The summed E-state index contributed by atoms with van der Waals surface area (Å²) in [7, 11) is 0. The molecule has 0 aliphatic heterocycles. The van der Waals surface area contributed by atoms with Crippen molar-refractivity contribution in [1.82, 2.24) is 4.98 Å². The maximum atomic E-state index is 5.54. The molecule has 66 valence electrons. The number of nitrogens with zero attached hydrogens (tertiary/aromatic N) is 1. The van der Waals surface area contributed by atoms with Gasteiger partial charge in [-0.05, 0) is 26.8 Å². The third-order valence-corrected chi connectivity index (χ3v) is 1.40. The molecule has 1 heterocycles. The molecule has 0 atom stereocenters. The Morgan fingerprint density at radius 1 is 1.50 bits per heavy atom. The number of rotatable bonds is 2. The highest BCUT2D eigenvalue weighted by atomic mass is 16.5. The van der Waals surface area contributed by atoms with Crippen LogP contribution in [0.5, 0.6) is 5.88 Å². The van der Waals surface area contributed by atoms with Crippen LogP contribution in [0.4, 0.5) is 5.69 Å². The van der Waals surface area contributed by atoms with E-state index in [1.165, 1.54) is 0 Å². The molecular weight excluding hydrogens is 152 g/mol. The number of hydrogen-bond acceptors (Lipinski definition) is 3. The number of anilines is 1. The third kappa shape index (κ3) is 2.12. The molecule has 3 nitrogen and oxygen atoms in total. The first-order valence-electron chi connectivity index (χ1n) is 3.98. The van der Waals surface area contributed by atoms with Gasteiger partial charge in [-0.2, -0.15) is 0 Å². The summed E-state index contributed by atoms with van der Waals surface area (Å²) in [6, 6.07) is 1.85. The molecule has 12 heavy (non-hydrogen) atoms. The zero-order valence-electron chi connectivity index (χ0n) is 7.66. The molecule has 0 unspecified atom stereocenters. The van der Waals surface area contributed by atoms with Gasteiger partial charge in [0.15, 0.2) is 0 Å². The van der Waals surface area contributed by atoms with Crippen LogP contribution in [-0.4, -0.2) is 11.1 Å². The predicted octanol–water partition coefficient (Wildman–Crippen LogP) is 1.76. The van der Waals surface area contributed by atoms with Gasteiger partial charge in [0.05, 0.1) is 18.0 Å². The Bertz CT molecular complexity index is 271. The minimum atomic E-state index is 0.153. The van der Waals surface area contributed by atoms with E-state index in [0.717, 1.165) is 5.56 Å². The lowest BCUT2D eigenvalue weighted by atomic mass is 10.3. The van der Waals surface area contributed by atoms with Gasteiger partial charge in [0, 0.05) is 5.56 Å². The molecule has 0 aromatic carbocycles. The van der Waals surface area contributed by atoms with Crippen molar-refractivity contribution in [3.8, 4) is 5.88 Å². The molecule has 0 aliphatic rings. The lowest BCUT2D eigenvalue weighted by Crippen LogP contribution is -2.08. The number of aromatic nitrogens is 1. The Hall–Kier alpha value is -1.25. The van der Waals surface area contributed by atoms with Crippen LogP contribution >= 0.6 is 0 Å². The van der Waals surface area contributed by atoms with E-state index in [4.69, 9.17) is 10.5 Å². The summed E-state index contributed by atoms with van der Waals surface area (Å²) in [6.07, 6.45) is 1.75. The number of pyridine rings is 1. The first-order chi connectivity index (χ1) is 5.59. The van der Waals surface area contributed by atoms with E-state index in [0.29, 0.717) is 11.6 Å². The van der Waals surface area contributed by atoms with Gasteiger partial charge in [0.25, 0.3) is 0 Å². The molecule has 3 heteroatoms. The molecule has 0 bridgehead atoms. The van der Waals surface area contributed by atoms with Gasteiger partial charge >= 0.3 is 0 Å². The van der Waals surface area contributed by atoms with Crippen LogP contribution in [0.25, 0.3) is 0 Å². The quantitative estimate of drug-likeness (QED) is 0.728. The monoisotopic (exact) mass is 166 g/mol. The van der Waals surface area contributed by atoms with Crippen LogP contribution in [0.1, 0.15) is 19.4 Å². The van der Waals surface area contributed by atoms with Crippen molar-refractivity contribution in [3.63, 3.8) is 0 Å². The highest BCUT2D eigenvalue weighted by Crippen LogP contribution is 2.17. The van der Waals surface area contributed by atoms with E-state index in [9.17, 15) is 0 Å². The fourth-order valence-electron chi connectivity index (χ4n) is 0.931. The van der Waals surface area contributed by atoms with Gasteiger partial charge in [0.1, 0.15) is 0 Å². The zero-order chi connectivity index (χ0) is 9.14. The van der Waals surface area contributed by atoms with E-state index in [-0.39, 0.29) is 6.10 Å². The molecule has 1 aromatic rings. The van der Waals surface area contributed by atoms with Gasteiger partial charge in [-0.15, -0.1) is 0 Å². The Kier molecular flexibility index (Phi) is 2.53. The lowest BCUT2D eigenvalue weighted by Gasteiger charge is -2.10. The van der Waals surface area contributed by atoms with Crippen molar-refractivity contribution >= 4 is 5.69 Å². The summed E-state index contributed by atoms with van der Waals surface area (Å²) in [6.45, 7) is 5.87. The second kappa shape index (κ2) is 3.43. The maximum Gasteiger partial charge on any atom is 0.216 e. The summed E-state index contributed by atoms with van der Waals surface area (Å²) >= 11 is 0. The fraction of sp³-hybridized carbons (Fsp3) is 0.444. The molecule has 0 fully saturated rings. The van der Waals surface area contributed by atoms with E-state index >= 15 is 0 Å². The van der Waals surface area contributed by atoms with Crippen LogP contribution in [0, 0.1) is 6.92 Å². The number of hydrogen-bond donors (Lipinski definition) is 1. The molecular formula is C9H14N2O. The zero-order valence-corrected chi connectivity index (χ0v) is 7.66. The Labute approximate surface area is 72.6 Å². The molecule has 2 N–H and O–H groups in total. The lowest BCUT2D eigenvalue weighted by molar-refractivity contribution is 0.231. The fourth-order valence-corrected chi connectivity index (χ4v) is 0.931. The average molecular weight is 166 g/mol. The molecule has 0 spiro atoms. The second-order valence-corrected chi connectivity index (χ2v) is 3.06. The number of nitrogen functional groups attached to an aromatic ring is 1. The Balaban J connectivity index is 2.86. The van der Waals surface area contributed by atoms with E-state index in [2.05, 4.69) is 4.98 Å². The van der Waals surface area contributed by atoms with E-state index in [1.54, 1.807) is 6.20 Å². The van der Waals surface area contributed by atoms with Gasteiger partial charge in [0.2, 0.25) is 5.88 Å². The van der Waals surface area contributed by atoms with Crippen LogP contribution < -0.4 is 10.5 Å². The van der Waals surface area contributed by atoms with E-state index in [1.807, 2.05) is 26.8 Å². The summed E-state index contributed by atoms with van der Waals surface area (Å²) in [5.74, 6) is 0.666. The van der Waals surface area contributed by atoms with Crippen molar-refractivity contribution < 1.29 is 4.74 Å². The molecule has 0 radical (unpaired) electrons. The summed E-state index contributed by atoms with van der Waals surface area (Å²) < 4.78 is 5.43.